The molecule has 0 radical (unpaired) electrons. The molecule has 1 aromatic carbocycles. The first-order valence-electron chi connectivity index (χ1n) is 12.3. The lowest BCUT2D eigenvalue weighted by Crippen LogP contribution is -2.37. The van der Waals surface area contributed by atoms with E-state index in [0.717, 1.165) is 69.1 Å². The number of aryl methyl sites for hydroxylation is 1. The Morgan fingerprint density at radius 2 is 1.97 bits per heavy atom. The average molecular weight is 452 g/mol. The fraction of sp³-hybridized carbons (Fsp3) is 0.560. The van der Waals surface area contributed by atoms with E-state index in [2.05, 4.69) is 9.88 Å². The molecule has 0 spiro atoms. The molecule has 1 aliphatic heterocycles. The number of hydrogen-bond acceptors (Lipinski definition) is 6. The number of ether oxygens (including phenoxy) is 2. The summed E-state index contributed by atoms with van der Waals surface area (Å²) in [5.41, 5.74) is 2.20. The van der Waals surface area contributed by atoms with Crippen LogP contribution < -0.4 is 10.3 Å². The molecule has 2 aromatic heterocycles. The predicted octanol–water partition coefficient (Wildman–Crippen LogP) is 3.57. The molecule has 0 amide bonds. The molecular formula is C25H33N5O3. The van der Waals surface area contributed by atoms with Crippen LogP contribution in [0.4, 0.5) is 0 Å². The minimum atomic E-state index is -0.127. The molecule has 3 aromatic rings. The summed E-state index contributed by atoms with van der Waals surface area (Å²) in [4.78, 5) is 23.5. The van der Waals surface area contributed by atoms with Crippen molar-refractivity contribution in [3.63, 3.8) is 0 Å². The third-order valence-electron chi connectivity index (χ3n) is 6.76. The number of rotatable bonds is 8. The van der Waals surface area contributed by atoms with Gasteiger partial charge in [0.15, 0.2) is 5.65 Å². The van der Waals surface area contributed by atoms with Crippen LogP contribution in [0.5, 0.6) is 5.75 Å². The number of fused-ring (bicyclic) bond motifs is 1. The Morgan fingerprint density at radius 3 is 2.76 bits per heavy atom. The number of aromatic nitrogens is 4. The van der Waals surface area contributed by atoms with Crippen molar-refractivity contribution in [2.24, 2.45) is 0 Å². The Morgan fingerprint density at radius 1 is 1.18 bits per heavy atom. The molecule has 33 heavy (non-hydrogen) atoms. The Hall–Kier alpha value is -2.71. The van der Waals surface area contributed by atoms with Crippen molar-refractivity contribution in [1.29, 1.82) is 0 Å². The highest BCUT2D eigenvalue weighted by Crippen LogP contribution is 2.33. The Balaban J connectivity index is 1.41. The van der Waals surface area contributed by atoms with Crippen LogP contribution in [0.3, 0.4) is 0 Å². The van der Waals surface area contributed by atoms with Crippen molar-refractivity contribution in [2.45, 2.75) is 51.5 Å². The Bertz CT molecular complexity index is 1140. The second-order valence-corrected chi connectivity index (χ2v) is 8.95. The van der Waals surface area contributed by atoms with Crippen LogP contribution in [-0.2, 0) is 11.2 Å². The van der Waals surface area contributed by atoms with Crippen molar-refractivity contribution in [3.8, 4) is 17.1 Å². The van der Waals surface area contributed by atoms with E-state index in [1.807, 2.05) is 35.9 Å². The van der Waals surface area contributed by atoms with Crippen LogP contribution in [0.2, 0.25) is 0 Å². The summed E-state index contributed by atoms with van der Waals surface area (Å²) in [6.07, 6.45) is 6.23. The van der Waals surface area contributed by atoms with E-state index in [1.54, 1.807) is 0 Å². The number of morpholine rings is 1. The van der Waals surface area contributed by atoms with Gasteiger partial charge >= 0.3 is 0 Å². The van der Waals surface area contributed by atoms with Crippen molar-refractivity contribution in [3.05, 3.63) is 40.3 Å². The van der Waals surface area contributed by atoms with E-state index in [1.165, 1.54) is 12.8 Å². The number of H-pyrrole nitrogens is 1. The summed E-state index contributed by atoms with van der Waals surface area (Å²) in [7, 11) is 0. The fourth-order valence-corrected chi connectivity index (χ4v) is 4.98. The molecule has 176 valence electrons. The largest absolute Gasteiger partial charge is 0.493 e. The van der Waals surface area contributed by atoms with Crippen LogP contribution in [0, 0.1) is 0 Å². The Labute approximate surface area is 193 Å². The molecular weight excluding hydrogens is 418 g/mol. The van der Waals surface area contributed by atoms with E-state index in [0.29, 0.717) is 35.9 Å². The van der Waals surface area contributed by atoms with E-state index in [-0.39, 0.29) is 5.56 Å². The third-order valence-corrected chi connectivity index (χ3v) is 6.76. The van der Waals surface area contributed by atoms with Gasteiger partial charge in [0.25, 0.3) is 5.56 Å². The number of benzene rings is 1. The minimum Gasteiger partial charge on any atom is -0.493 e. The van der Waals surface area contributed by atoms with Gasteiger partial charge in [-0.1, -0.05) is 31.9 Å². The van der Waals surface area contributed by atoms with Crippen molar-refractivity contribution in [2.75, 3.05) is 39.5 Å². The second kappa shape index (κ2) is 10.1. The maximum Gasteiger partial charge on any atom is 0.262 e. The molecule has 3 heterocycles. The first kappa shape index (κ1) is 22.1. The first-order valence-corrected chi connectivity index (χ1v) is 12.3. The van der Waals surface area contributed by atoms with Crippen LogP contribution in [-0.4, -0.2) is 64.1 Å². The zero-order valence-corrected chi connectivity index (χ0v) is 19.4. The van der Waals surface area contributed by atoms with Crippen molar-refractivity contribution < 1.29 is 9.47 Å². The van der Waals surface area contributed by atoms with E-state index >= 15 is 0 Å². The fourth-order valence-electron chi connectivity index (χ4n) is 4.98. The highest BCUT2D eigenvalue weighted by Gasteiger charge is 2.24. The number of hydrogen-bond donors (Lipinski definition) is 1. The summed E-state index contributed by atoms with van der Waals surface area (Å²) in [6, 6.07) is 8.13. The molecule has 8 nitrogen and oxygen atoms in total. The zero-order valence-electron chi connectivity index (χ0n) is 19.4. The standard InChI is InChI=1S/C25H33N5O3/c1-2-20-22-24(30(28-20)18-8-3-4-9-18)26-23(27-25(22)31)19-10-5-6-11-21(19)33-15-7-12-29-13-16-32-17-14-29/h5-6,10-11,18H,2-4,7-9,12-17H2,1H3,(H,26,27,31). The zero-order chi connectivity index (χ0) is 22.6. The quantitative estimate of drug-likeness (QED) is 0.527. The van der Waals surface area contributed by atoms with Gasteiger partial charge in [0.1, 0.15) is 17.0 Å². The first-order chi connectivity index (χ1) is 16.2. The van der Waals surface area contributed by atoms with Gasteiger partial charge in [-0.2, -0.15) is 5.10 Å². The van der Waals surface area contributed by atoms with E-state index in [9.17, 15) is 4.79 Å². The minimum absolute atomic E-state index is 0.127. The third kappa shape index (κ3) is 4.68. The molecule has 5 rings (SSSR count). The topological polar surface area (TPSA) is 85.3 Å². The average Bonchev–Trinajstić information content (AvgIpc) is 3.51. The number of nitrogens with one attached hydrogen (secondary N) is 1. The summed E-state index contributed by atoms with van der Waals surface area (Å²) in [6.45, 7) is 7.22. The summed E-state index contributed by atoms with van der Waals surface area (Å²) in [5, 5.41) is 5.42. The smallest absolute Gasteiger partial charge is 0.262 e. The highest BCUT2D eigenvalue weighted by atomic mass is 16.5. The maximum absolute atomic E-state index is 13.1. The lowest BCUT2D eigenvalue weighted by atomic mass is 10.1. The van der Waals surface area contributed by atoms with Crippen LogP contribution in [0.1, 0.15) is 50.8 Å². The monoisotopic (exact) mass is 451 g/mol. The normalized spacial score (nSPS) is 17.7. The van der Waals surface area contributed by atoms with Crippen LogP contribution >= 0.6 is 0 Å². The van der Waals surface area contributed by atoms with E-state index < -0.39 is 0 Å². The van der Waals surface area contributed by atoms with Gasteiger partial charge in [0.2, 0.25) is 0 Å². The molecule has 1 N–H and O–H groups in total. The molecule has 8 heteroatoms. The van der Waals surface area contributed by atoms with Crippen molar-refractivity contribution in [1.82, 2.24) is 24.6 Å². The van der Waals surface area contributed by atoms with Crippen LogP contribution in [0.25, 0.3) is 22.4 Å². The van der Waals surface area contributed by atoms with Gasteiger partial charge in [-0.15, -0.1) is 0 Å². The summed E-state index contributed by atoms with van der Waals surface area (Å²) < 4.78 is 13.6. The van der Waals surface area contributed by atoms with Crippen LogP contribution in [0.15, 0.2) is 29.1 Å². The number of aromatic amines is 1. The summed E-state index contributed by atoms with van der Waals surface area (Å²) in [5.74, 6) is 1.28. The molecule has 0 bridgehead atoms. The number of nitrogens with zero attached hydrogens (tertiary/aromatic N) is 4. The van der Waals surface area contributed by atoms with Gasteiger partial charge in [0.05, 0.1) is 37.1 Å². The Kier molecular flexibility index (Phi) is 6.73. The molecule has 1 aliphatic carbocycles. The van der Waals surface area contributed by atoms with Crippen molar-refractivity contribution >= 4 is 11.0 Å². The SMILES string of the molecule is CCc1nn(C2CCCC2)c2nc(-c3ccccc3OCCCN3CCOCC3)[nH]c(=O)c12. The lowest BCUT2D eigenvalue weighted by Gasteiger charge is -2.26. The van der Waals surface area contributed by atoms with Gasteiger partial charge in [-0.05, 0) is 37.8 Å². The van der Waals surface area contributed by atoms with Gasteiger partial charge < -0.3 is 14.5 Å². The molecule has 1 saturated carbocycles. The lowest BCUT2D eigenvalue weighted by molar-refractivity contribution is 0.0358. The second-order valence-electron chi connectivity index (χ2n) is 8.95. The molecule has 2 fully saturated rings. The summed E-state index contributed by atoms with van der Waals surface area (Å²) >= 11 is 0. The predicted molar refractivity (Wildman–Crippen MR) is 128 cm³/mol. The molecule has 1 saturated heterocycles. The van der Waals surface area contributed by atoms with Gasteiger partial charge in [-0.3, -0.25) is 9.69 Å². The van der Waals surface area contributed by atoms with E-state index in [4.69, 9.17) is 19.6 Å². The maximum atomic E-state index is 13.1. The molecule has 0 unspecified atom stereocenters. The van der Waals surface area contributed by atoms with Gasteiger partial charge in [-0.25, -0.2) is 9.67 Å². The molecule has 0 atom stereocenters. The highest BCUT2D eigenvalue weighted by molar-refractivity contribution is 5.80. The number of para-hydroxylation sites is 1. The molecule has 2 aliphatic rings. The van der Waals surface area contributed by atoms with Gasteiger partial charge in [0, 0.05) is 19.6 Å².